The SMILES string of the molecule is CC(=O)OC1=CC2=CC[C@@H]3[C@H](CC[C@@]4(C)[C@@H]3CC[C@H]4OC(C)=O)[C@H]2CC1. The zero-order valence-corrected chi connectivity index (χ0v) is 16.1. The van der Waals surface area contributed by atoms with E-state index in [1.807, 2.05) is 0 Å². The minimum atomic E-state index is -0.222. The Morgan fingerprint density at radius 2 is 1.88 bits per heavy atom. The summed E-state index contributed by atoms with van der Waals surface area (Å²) < 4.78 is 11.1. The minimum Gasteiger partial charge on any atom is -0.462 e. The van der Waals surface area contributed by atoms with Crippen molar-refractivity contribution in [3.63, 3.8) is 0 Å². The van der Waals surface area contributed by atoms with Gasteiger partial charge in [0.2, 0.25) is 0 Å². The Labute approximate surface area is 156 Å². The van der Waals surface area contributed by atoms with E-state index in [0.717, 1.165) is 43.8 Å². The molecule has 4 aliphatic rings. The highest BCUT2D eigenvalue weighted by molar-refractivity contribution is 5.67. The summed E-state index contributed by atoms with van der Waals surface area (Å²) in [5.74, 6) is 3.15. The molecule has 0 amide bonds. The number of hydrogen-bond acceptors (Lipinski definition) is 4. The standard InChI is InChI=1S/C22H30O4/c1-13(23)25-16-5-7-17-15(12-16)4-6-19-18(17)10-11-22(3)20(19)8-9-21(22)26-14(2)24/h4,12,17-21H,5-11H2,1-3H3/t17-,18+,19+,20+,21+,22-/m0/s1. The van der Waals surface area contributed by atoms with Gasteiger partial charge in [-0.1, -0.05) is 13.0 Å². The summed E-state index contributed by atoms with van der Waals surface area (Å²) in [6, 6.07) is 0. The molecule has 0 aliphatic heterocycles. The molecule has 4 aliphatic carbocycles. The van der Waals surface area contributed by atoms with Crippen molar-refractivity contribution in [3.8, 4) is 0 Å². The first-order chi connectivity index (χ1) is 12.4. The minimum absolute atomic E-state index is 0.0955. The molecule has 4 heteroatoms. The monoisotopic (exact) mass is 358 g/mol. The smallest absolute Gasteiger partial charge is 0.307 e. The highest BCUT2D eigenvalue weighted by Gasteiger charge is 2.56. The normalized spacial score (nSPS) is 41.1. The van der Waals surface area contributed by atoms with Crippen LogP contribution in [0.15, 0.2) is 23.5 Å². The van der Waals surface area contributed by atoms with Gasteiger partial charge < -0.3 is 9.47 Å². The van der Waals surface area contributed by atoms with Crippen molar-refractivity contribution in [1.29, 1.82) is 0 Å². The van der Waals surface area contributed by atoms with Crippen molar-refractivity contribution in [2.75, 3.05) is 0 Å². The first-order valence-corrected chi connectivity index (χ1v) is 10.1. The Morgan fingerprint density at radius 1 is 1.08 bits per heavy atom. The van der Waals surface area contributed by atoms with Crippen LogP contribution in [0.4, 0.5) is 0 Å². The fraction of sp³-hybridized carbons (Fsp3) is 0.727. The first-order valence-electron chi connectivity index (χ1n) is 10.1. The topological polar surface area (TPSA) is 52.6 Å². The van der Waals surface area contributed by atoms with Crippen LogP contribution in [0.25, 0.3) is 0 Å². The van der Waals surface area contributed by atoms with Gasteiger partial charge in [0.1, 0.15) is 11.9 Å². The second-order valence-corrected chi connectivity index (χ2v) is 8.94. The summed E-state index contributed by atoms with van der Waals surface area (Å²) >= 11 is 0. The third kappa shape index (κ3) is 2.91. The van der Waals surface area contributed by atoms with E-state index in [1.54, 1.807) is 0 Å². The lowest BCUT2D eigenvalue weighted by Crippen LogP contribution is -2.47. The molecule has 4 nitrogen and oxygen atoms in total. The molecule has 26 heavy (non-hydrogen) atoms. The van der Waals surface area contributed by atoms with Gasteiger partial charge in [-0.05, 0) is 73.8 Å². The number of hydrogen-bond donors (Lipinski definition) is 0. The maximum atomic E-state index is 11.5. The molecule has 2 fully saturated rings. The fourth-order valence-corrected chi connectivity index (χ4v) is 6.54. The molecule has 142 valence electrons. The van der Waals surface area contributed by atoms with Crippen LogP contribution >= 0.6 is 0 Å². The number of carbonyl (C=O) groups is 2. The first kappa shape index (κ1) is 17.8. The number of ether oxygens (including phenoxy) is 2. The summed E-state index contributed by atoms with van der Waals surface area (Å²) in [6.07, 6.45) is 12.2. The Kier molecular flexibility index (Phi) is 4.48. The molecule has 6 atom stereocenters. The van der Waals surface area contributed by atoms with Gasteiger partial charge in [-0.25, -0.2) is 0 Å². The van der Waals surface area contributed by atoms with Crippen LogP contribution in [0.2, 0.25) is 0 Å². The summed E-state index contributed by atoms with van der Waals surface area (Å²) in [4.78, 5) is 22.8. The van der Waals surface area contributed by atoms with Gasteiger partial charge in [-0.2, -0.15) is 0 Å². The Hall–Kier alpha value is -1.58. The molecule has 0 saturated heterocycles. The number of allylic oxidation sites excluding steroid dienone is 4. The van der Waals surface area contributed by atoms with Crippen molar-refractivity contribution in [1.82, 2.24) is 0 Å². The van der Waals surface area contributed by atoms with Gasteiger partial charge in [0.05, 0.1) is 0 Å². The zero-order chi connectivity index (χ0) is 18.5. The number of esters is 2. The van der Waals surface area contributed by atoms with Crippen LogP contribution < -0.4 is 0 Å². The molecule has 0 spiro atoms. The van der Waals surface area contributed by atoms with Crippen molar-refractivity contribution >= 4 is 11.9 Å². The third-order valence-electron chi connectivity index (χ3n) is 7.59. The van der Waals surface area contributed by atoms with Crippen LogP contribution in [-0.2, 0) is 19.1 Å². The zero-order valence-electron chi connectivity index (χ0n) is 16.1. The second-order valence-electron chi connectivity index (χ2n) is 8.94. The van der Waals surface area contributed by atoms with E-state index < -0.39 is 0 Å². The maximum Gasteiger partial charge on any atom is 0.307 e. The molecule has 0 radical (unpaired) electrons. The molecule has 0 bridgehead atoms. The van der Waals surface area contributed by atoms with Crippen molar-refractivity contribution in [2.45, 2.75) is 71.8 Å². The van der Waals surface area contributed by atoms with Crippen LogP contribution in [0.3, 0.4) is 0 Å². The Morgan fingerprint density at radius 3 is 2.62 bits per heavy atom. The number of carbonyl (C=O) groups excluding carboxylic acids is 2. The second kappa shape index (κ2) is 6.54. The Bertz CT molecular complexity index is 676. The summed E-state index contributed by atoms with van der Waals surface area (Å²) in [6.45, 7) is 5.36. The van der Waals surface area contributed by atoms with E-state index in [2.05, 4.69) is 19.1 Å². The average molecular weight is 358 g/mol. The van der Waals surface area contributed by atoms with Crippen LogP contribution in [-0.4, -0.2) is 18.0 Å². The lowest BCUT2D eigenvalue weighted by molar-refractivity contribution is -0.155. The Balaban J connectivity index is 1.55. The quantitative estimate of drug-likeness (QED) is 0.680. The van der Waals surface area contributed by atoms with Crippen LogP contribution in [0, 0.1) is 29.1 Å². The molecule has 0 N–H and O–H groups in total. The molecular weight excluding hydrogens is 328 g/mol. The predicted octanol–water partition coefficient (Wildman–Crippen LogP) is 4.55. The van der Waals surface area contributed by atoms with Gasteiger partial charge in [0.15, 0.2) is 0 Å². The molecule has 2 saturated carbocycles. The maximum absolute atomic E-state index is 11.5. The van der Waals surface area contributed by atoms with Gasteiger partial charge >= 0.3 is 11.9 Å². The average Bonchev–Trinajstić information content (AvgIpc) is 2.90. The lowest BCUT2D eigenvalue weighted by atomic mass is 9.53. The van der Waals surface area contributed by atoms with Gasteiger partial charge in [-0.15, -0.1) is 0 Å². The molecule has 0 aromatic rings. The molecule has 0 aromatic heterocycles. The summed E-state index contributed by atoms with van der Waals surface area (Å²) in [5.41, 5.74) is 1.53. The molecular formula is C22H30O4. The van der Waals surface area contributed by atoms with Gasteiger partial charge in [0, 0.05) is 25.7 Å². The molecule has 4 rings (SSSR count). The van der Waals surface area contributed by atoms with Crippen LogP contribution in [0.5, 0.6) is 0 Å². The van der Waals surface area contributed by atoms with E-state index >= 15 is 0 Å². The highest BCUT2D eigenvalue weighted by Crippen LogP contribution is 2.61. The van der Waals surface area contributed by atoms with E-state index in [1.165, 1.54) is 32.3 Å². The van der Waals surface area contributed by atoms with E-state index in [4.69, 9.17) is 9.47 Å². The van der Waals surface area contributed by atoms with Gasteiger partial charge in [0.25, 0.3) is 0 Å². The predicted molar refractivity (Wildman–Crippen MR) is 97.9 cm³/mol. The fourth-order valence-electron chi connectivity index (χ4n) is 6.54. The van der Waals surface area contributed by atoms with E-state index in [-0.39, 0.29) is 23.5 Å². The summed E-state index contributed by atoms with van der Waals surface area (Å²) in [7, 11) is 0. The van der Waals surface area contributed by atoms with Crippen LogP contribution in [0.1, 0.15) is 65.7 Å². The lowest BCUT2D eigenvalue weighted by Gasteiger charge is -2.52. The van der Waals surface area contributed by atoms with E-state index in [0.29, 0.717) is 17.8 Å². The van der Waals surface area contributed by atoms with E-state index in [9.17, 15) is 9.59 Å². The van der Waals surface area contributed by atoms with Gasteiger partial charge in [-0.3, -0.25) is 9.59 Å². The molecule has 0 unspecified atom stereocenters. The molecule has 0 aromatic carbocycles. The highest BCUT2D eigenvalue weighted by atomic mass is 16.5. The number of fused-ring (bicyclic) bond motifs is 5. The summed E-state index contributed by atoms with van der Waals surface area (Å²) in [5, 5.41) is 0. The molecule has 0 heterocycles. The largest absolute Gasteiger partial charge is 0.462 e. The van der Waals surface area contributed by atoms with Crippen molar-refractivity contribution in [2.24, 2.45) is 29.1 Å². The van der Waals surface area contributed by atoms with Crippen molar-refractivity contribution < 1.29 is 19.1 Å². The third-order valence-corrected chi connectivity index (χ3v) is 7.59. The number of rotatable bonds is 2. The van der Waals surface area contributed by atoms with Crippen molar-refractivity contribution in [3.05, 3.63) is 23.5 Å².